The van der Waals surface area contributed by atoms with Crippen LogP contribution in [0.15, 0.2) is 35.3 Å². The second-order valence-corrected chi connectivity index (χ2v) is 6.81. The molecule has 2 rings (SSSR count). The molecule has 0 saturated carbocycles. The van der Waals surface area contributed by atoms with Gasteiger partial charge in [-0.25, -0.2) is 0 Å². The fourth-order valence-corrected chi connectivity index (χ4v) is 3.23. The SMILES string of the molecule is CCNC(=NCC1CCN(CCOC)CC1)N(C)Cc1ccccc1.I. The van der Waals surface area contributed by atoms with Crippen LogP contribution in [0.4, 0.5) is 0 Å². The first-order valence-corrected chi connectivity index (χ1v) is 9.47. The number of rotatable bonds is 8. The van der Waals surface area contributed by atoms with Crippen LogP contribution in [0.3, 0.4) is 0 Å². The summed E-state index contributed by atoms with van der Waals surface area (Å²) in [6.07, 6.45) is 2.46. The largest absolute Gasteiger partial charge is 0.383 e. The normalized spacial score (nSPS) is 16.2. The van der Waals surface area contributed by atoms with E-state index in [-0.39, 0.29) is 24.0 Å². The topological polar surface area (TPSA) is 40.1 Å². The number of hydrogen-bond acceptors (Lipinski definition) is 3. The fraction of sp³-hybridized carbons (Fsp3) is 0.650. The summed E-state index contributed by atoms with van der Waals surface area (Å²) < 4.78 is 5.18. The summed E-state index contributed by atoms with van der Waals surface area (Å²) in [7, 11) is 3.89. The Morgan fingerprint density at radius 3 is 2.58 bits per heavy atom. The first-order chi connectivity index (χ1) is 12.2. The molecule has 0 radical (unpaired) electrons. The number of nitrogens with zero attached hydrogens (tertiary/aromatic N) is 3. The highest BCUT2D eigenvalue weighted by Crippen LogP contribution is 2.17. The maximum atomic E-state index is 5.18. The van der Waals surface area contributed by atoms with Gasteiger partial charge < -0.3 is 19.9 Å². The molecule has 5 nitrogen and oxygen atoms in total. The molecule has 0 aliphatic carbocycles. The number of methoxy groups -OCH3 is 1. The van der Waals surface area contributed by atoms with E-state index >= 15 is 0 Å². The van der Waals surface area contributed by atoms with E-state index in [2.05, 4.69) is 59.4 Å². The Kier molecular flexibility index (Phi) is 11.9. The van der Waals surface area contributed by atoms with Crippen molar-refractivity contribution in [2.24, 2.45) is 10.9 Å². The zero-order valence-electron chi connectivity index (χ0n) is 16.5. The maximum Gasteiger partial charge on any atom is 0.193 e. The van der Waals surface area contributed by atoms with Gasteiger partial charge in [0.2, 0.25) is 0 Å². The minimum atomic E-state index is 0. The number of nitrogens with one attached hydrogen (secondary N) is 1. The molecule has 1 heterocycles. The average molecular weight is 474 g/mol. The molecular formula is C20H35IN4O. The fourth-order valence-electron chi connectivity index (χ4n) is 3.23. The molecule has 1 aliphatic heterocycles. The van der Waals surface area contributed by atoms with E-state index in [1.54, 1.807) is 7.11 Å². The smallest absolute Gasteiger partial charge is 0.193 e. The molecule has 1 aromatic rings. The Morgan fingerprint density at radius 2 is 1.96 bits per heavy atom. The molecule has 1 saturated heterocycles. The summed E-state index contributed by atoms with van der Waals surface area (Å²) in [5.41, 5.74) is 1.31. The van der Waals surface area contributed by atoms with Gasteiger partial charge in [0.15, 0.2) is 5.96 Å². The van der Waals surface area contributed by atoms with Gasteiger partial charge in [-0.2, -0.15) is 0 Å². The molecule has 0 amide bonds. The number of aliphatic imine (C=N–C) groups is 1. The van der Waals surface area contributed by atoms with Crippen molar-refractivity contribution in [2.75, 3.05) is 53.5 Å². The molecule has 0 bridgehead atoms. The number of guanidine groups is 1. The molecule has 0 unspecified atom stereocenters. The summed E-state index contributed by atoms with van der Waals surface area (Å²) in [4.78, 5) is 9.62. The lowest BCUT2D eigenvalue weighted by atomic mass is 9.97. The Labute approximate surface area is 176 Å². The molecule has 26 heavy (non-hydrogen) atoms. The summed E-state index contributed by atoms with van der Waals surface area (Å²) in [5.74, 6) is 1.70. The number of hydrogen-bond donors (Lipinski definition) is 1. The van der Waals surface area contributed by atoms with Crippen LogP contribution < -0.4 is 5.32 Å². The molecule has 1 aromatic carbocycles. The second kappa shape index (κ2) is 13.3. The van der Waals surface area contributed by atoms with E-state index in [0.29, 0.717) is 5.92 Å². The first-order valence-electron chi connectivity index (χ1n) is 9.47. The van der Waals surface area contributed by atoms with Gasteiger partial charge in [0, 0.05) is 40.3 Å². The Hall–Kier alpha value is -0.860. The molecule has 0 aromatic heterocycles. The lowest BCUT2D eigenvalue weighted by molar-refractivity contribution is 0.121. The zero-order valence-corrected chi connectivity index (χ0v) is 18.8. The van der Waals surface area contributed by atoms with Crippen LogP contribution in [0.1, 0.15) is 25.3 Å². The maximum absolute atomic E-state index is 5.18. The van der Waals surface area contributed by atoms with E-state index in [1.807, 2.05) is 0 Å². The van der Waals surface area contributed by atoms with E-state index in [0.717, 1.165) is 38.7 Å². The van der Waals surface area contributed by atoms with Crippen molar-refractivity contribution in [1.82, 2.24) is 15.1 Å². The van der Waals surface area contributed by atoms with Gasteiger partial charge in [-0.05, 0) is 44.3 Å². The molecule has 148 valence electrons. The standard InChI is InChI=1S/C20H34N4O.HI/c1-4-21-20(23(2)17-19-8-6-5-7-9-19)22-16-18-10-12-24(13-11-18)14-15-25-3;/h5-9,18H,4,10-17H2,1-3H3,(H,21,22);1H. The van der Waals surface area contributed by atoms with Crippen molar-refractivity contribution in [3.8, 4) is 0 Å². The first kappa shape index (κ1) is 23.2. The Bertz CT molecular complexity index is 504. The van der Waals surface area contributed by atoms with Crippen molar-refractivity contribution in [3.05, 3.63) is 35.9 Å². The summed E-state index contributed by atoms with van der Waals surface area (Å²) >= 11 is 0. The van der Waals surface area contributed by atoms with Crippen LogP contribution >= 0.6 is 24.0 Å². The van der Waals surface area contributed by atoms with E-state index < -0.39 is 0 Å². The molecule has 1 fully saturated rings. The minimum absolute atomic E-state index is 0. The molecule has 0 atom stereocenters. The van der Waals surface area contributed by atoms with Crippen LogP contribution in [-0.2, 0) is 11.3 Å². The summed E-state index contributed by atoms with van der Waals surface area (Å²) in [6, 6.07) is 10.6. The molecule has 6 heteroatoms. The number of halogens is 1. The van der Waals surface area contributed by atoms with Gasteiger partial charge in [0.1, 0.15) is 0 Å². The van der Waals surface area contributed by atoms with Gasteiger partial charge in [0.25, 0.3) is 0 Å². The average Bonchev–Trinajstić information content (AvgIpc) is 2.65. The van der Waals surface area contributed by atoms with Gasteiger partial charge in [-0.15, -0.1) is 24.0 Å². The summed E-state index contributed by atoms with van der Waals surface area (Å²) in [6.45, 7) is 9.03. The van der Waals surface area contributed by atoms with Gasteiger partial charge in [-0.1, -0.05) is 30.3 Å². The number of likely N-dealkylation sites (tertiary alicyclic amines) is 1. The van der Waals surface area contributed by atoms with E-state index in [9.17, 15) is 0 Å². The van der Waals surface area contributed by atoms with E-state index in [1.165, 1.54) is 31.5 Å². The number of piperidine rings is 1. The van der Waals surface area contributed by atoms with Crippen molar-refractivity contribution in [1.29, 1.82) is 0 Å². The third kappa shape index (κ3) is 8.22. The molecule has 1 aliphatic rings. The number of benzene rings is 1. The van der Waals surface area contributed by atoms with E-state index in [4.69, 9.17) is 9.73 Å². The van der Waals surface area contributed by atoms with Gasteiger partial charge >= 0.3 is 0 Å². The van der Waals surface area contributed by atoms with Crippen LogP contribution in [0.5, 0.6) is 0 Å². The van der Waals surface area contributed by atoms with Gasteiger partial charge in [-0.3, -0.25) is 4.99 Å². The highest BCUT2D eigenvalue weighted by molar-refractivity contribution is 14.0. The van der Waals surface area contributed by atoms with Crippen molar-refractivity contribution in [2.45, 2.75) is 26.3 Å². The molecular weight excluding hydrogens is 439 g/mol. The zero-order chi connectivity index (χ0) is 17.9. The second-order valence-electron chi connectivity index (χ2n) is 6.81. The van der Waals surface area contributed by atoms with Gasteiger partial charge in [0.05, 0.1) is 6.61 Å². The predicted molar refractivity (Wildman–Crippen MR) is 120 cm³/mol. The highest BCUT2D eigenvalue weighted by Gasteiger charge is 2.19. The predicted octanol–water partition coefficient (Wildman–Crippen LogP) is 3.06. The van der Waals surface area contributed by atoms with Crippen LogP contribution in [0.25, 0.3) is 0 Å². The third-order valence-electron chi connectivity index (χ3n) is 4.78. The number of ether oxygens (including phenoxy) is 1. The monoisotopic (exact) mass is 474 g/mol. The summed E-state index contributed by atoms with van der Waals surface area (Å²) in [5, 5.41) is 3.43. The quantitative estimate of drug-likeness (QED) is 0.357. The van der Waals surface area contributed by atoms with Crippen molar-refractivity contribution >= 4 is 29.9 Å². The van der Waals surface area contributed by atoms with Crippen molar-refractivity contribution < 1.29 is 4.74 Å². The van der Waals surface area contributed by atoms with Crippen LogP contribution in [-0.4, -0.2) is 69.2 Å². The molecule has 1 N–H and O–H groups in total. The van der Waals surface area contributed by atoms with Crippen LogP contribution in [0.2, 0.25) is 0 Å². The highest BCUT2D eigenvalue weighted by atomic mass is 127. The lowest BCUT2D eigenvalue weighted by Gasteiger charge is -2.31. The Morgan fingerprint density at radius 1 is 1.27 bits per heavy atom. The lowest BCUT2D eigenvalue weighted by Crippen LogP contribution is -2.40. The Balaban J connectivity index is 0.00000338. The van der Waals surface area contributed by atoms with Crippen LogP contribution in [0, 0.1) is 5.92 Å². The van der Waals surface area contributed by atoms with Crippen molar-refractivity contribution in [3.63, 3.8) is 0 Å². The minimum Gasteiger partial charge on any atom is -0.383 e. The third-order valence-corrected chi connectivity index (χ3v) is 4.78. The molecule has 0 spiro atoms.